The van der Waals surface area contributed by atoms with Crippen LogP contribution in [0.3, 0.4) is 0 Å². The van der Waals surface area contributed by atoms with Crippen molar-refractivity contribution in [2.45, 2.75) is 0 Å². The van der Waals surface area contributed by atoms with Gasteiger partial charge in [-0.25, -0.2) is 4.79 Å². The number of aliphatic carboxylic acids is 1. The summed E-state index contributed by atoms with van der Waals surface area (Å²) in [5.74, 6) is 0.239. The van der Waals surface area contributed by atoms with Gasteiger partial charge in [0, 0.05) is 36.5 Å². The zero-order valence-electron chi connectivity index (χ0n) is 12.3. The molecular weight excluding hydrogens is 290 g/mol. The topological polar surface area (TPSA) is 66.8 Å². The molecule has 1 rings (SSSR count). The first kappa shape index (κ1) is 17.1. The number of thioether (sulfide) groups is 1. The molecule has 0 unspecified atom stereocenters. The van der Waals surface area contributed by atoms with Crippen LogP contribution in [0.15, 0.2) is 24.3 Å². The molecule has 1 amide bonds. The number of nitrogens with zero attached hydrogens (tertiary/aromatic N) is 1. The molecule has 1 N–H and O–H groups in total. The number of benzene rings is 1. The highest BCUT2D eigenvalue weighted by molar-refractivity contribution is 7.98. The molecule has 21 heavy (non-hydrogen) atoms. The molecule has 0 spiro atoms. The Kier molecular flexibility index (Phi) is 6.81. The molecule has 6 heteroatoms. The van der Waals surface area contributed by atoms with Crippen molar-refractivity contribution in [1.29, 1.82) is 0 Å². The molecule has 0 aliphatic rings. The number of ether oxygens (including phenoxy) is 1. The Hall–Kier alpha value is -1.95. The Morgan fingerprint density at radius 2 is 2.14 bits per heavy atom. The van der Waals surface area contributed by atoms with E-state index in [4.69, 9.17) is 9.84 Å². The van der Waals surface area contributed by atoms with Crippen LogP contribution < -0.4 is 4.74 Å². The molecule has 1 aromatic carbocycles. The number of methoxy groups -OCH3 is 1. The Morgan fingerprint density at radius 3 is 2.71 bits per heavy atom. The molecule has 0 heterocycles. The molecule has 0 aromatic heterocycles. The predicted octanol–water partition coefficient (Wildman–Crippen LogP) is 2.23. The van der Waals surface area contributed by atoms with Gasteiger partial charge in [-0.1, -0.05) is 0 Å². The SMILES string of the molecule is COc1ccc(C(=O)N(C)CCSC)cc1/C=C/C(=O)O. The number of carboxylic acid groups (broad SMARTS) is 1. The lowest BCUT2D eigenvalue weighted by molar-refractivity contribution is -0.131. The third-order valence-corrected chi connectivity index (χ3v) is 3.45. The highest BCUT2D eigenvalue weighted by Crippen LogP contribution is 2.22. The van der Waals surface area contributed by atoms with Crippen molar-refractivity contribution in [2.24, 2.45) is 0 Å². The summed E-state index contributed by atoms with van der Waals surface area (Å²) in [6, 6.07) is 4.97. The maximum absolute atomic E-state index is 12.3. The molecule has 0 radical (unpaired) electrons. The van der Waals surface area contributed by atoms with E-state index < -0.39 is 5.97 Å². The van der Waals surface area contributed by atoms with Crippen LogP contribution in [0.2, 0.25) is 0 Å². The summed E-state index contributed by atoms with van der Waals surface area (Å²) in [5.41, 5.74) is 1.06. The quantitative estimate of drug-likeness (QED) is 0.782. The molecule has 1 aromatic rings. The summed E-state index contributed by atoms with van der Waals surface area (Å²) in [4.78, 5) is 24.5. The van der Waals surface area contributed by atoms with E-state index in [1.54, 1.807) is 41.9 Å². The number of amides is 1. The largest absolute Gasteiger partial charge is 0.496 e. The van der Waals surface area contributed by atoms with Crippen LogP contribution >= 0.6 is 11.8 Å². The van der Waals surface area contributed by atoms with Gasteiger partial charge in [-0.05, 0) is 30.5 Å². The Balaban J connectivity index is 3.01. The molecule has 0 aliphatic carbocycles. The number of carbonyl (C=O) groups excluding carboxylic acids is 1. The van der Waals surface area contributed by atoms with Gasteiger partial charge >= 0.3 is 5.97 Å². The Bertz CT molecular complexity index is 542. The summed E-state index contributed by atoms with van der Waals surface area (Å²) < 4.78 is 5.17. The number of carboxylic acids is 1. The van der Waals surface area contributed by atoms with Gasteiger partial charge in [0.2, 0.25) is 0 Å². The minimum absolute atomic E-state index is 0.100. The van der Waals surface area contributed by atoms with Gasteiger partial charge in [0.05, 0.1) is 7.11 Å². The maximum atomic E-state index is 12.3. The number of rotatable bonds is 7. The average Bonchev–Trinajstić information content (AvgIpc) is 2.49. The minimum atomic E-state index is -1.05. The van der Waals surface area contributed by atoms with E-state index in [9.17, 15) is 9.59 Å². The fourth-order valence-corrected chi connectivity index (χ4v) is 2.17. The highest BCUT2D eigenvalue weighted by atomic mass is 32.2. The summed E-state index contributed by atoms with van der Waals surface area (Å²) in [6.45, 7) is 0.659. The van der Waals surface area contributed by atoms with Gasteiger partial charge in [-0.3, -0.25) is 4.79 Å². The van der Waals surface area contributed by atoms with Crippen molar-refractivity contribution >= 4 is 29.7 Å². The summed E-state index contributed by atoms with van der Waals surface area (Å²) in [5, 5.41) is 8.70. The van der Waals surface area contributed by atoms with E-state index in [2.05, 4.69) is 0 Å². The molecule has 114 valence electrons. The lowest BCUT2D eigenvalue weighted by Gasteiger charge is -2.17. The fourth-order valence-electron chi connectivity index (χ4n) is 1.71. The molecule has 0 bridgehead atoms. The molecule has 5 nitrogen and oxygen atoms in total. The van der Waals surface area contributed by atoms with Gasteiger partial charge in [0.15, 0.2) is 0 Å². The van der Waals surface area contributed by atoms with Crippen LogP contribution in [0.4, 0.5) is 0 Å². The normalized spacial score (nSPS) is 10.6. The monoisotopic (exact) mass is 309 g/mol. The highest BCUT2D eigenvalue weighted by Gasteiger charge is 2.13. The molecule has 0 aliphatic heterocycles. The van der Waals surface area contributed by atoms with E-state index in [0.717, 1.165) is 11.8 Å². The standard InChI is InChI=1S/C15H19NO4S/c1-16(8-9-21-3)15(19)12-4-6-13(20-2)11(10-12)5-7-14(17)18/h4-7,10H,8-9H2,1-3H3,(H,17,18)/b7-5+. The average molecular weight is 309 g/mol. The molecule has 0 atom stereocenters. The van der Waals surface area contributed by atoms with Crippen molar-refractivity contribution in [3.8, 4) is 5.75 Å². The van der Waals surface area contributed by atoms with Crippen LogP contribution in [0.5, 0.6) is 5.75 Å². The summed E-state index contributed by atoms with van der Waals surface area (Å²) >= 11 is 1.67. The van der Waals surface area contributed by atoms with Crippen molar-refractivity contribution in [3.05, 3.63) is 35.4 Å². The lowest BCUT2D eigenvalue weighted by Crippen LogP contribution is -2.28. The van der Waals surface area contributed by atoms with E-state index in [1.165, 1.54) is 13.2 Å². The smallest absolute Gasteiger partial charge is 0.328 e. The zero-order chi connectivity index (χ0) is 15.8. The second-order valence-corrected chi connectivity index (χ2v) is 5.33. The van der Waals surface area contributed by atoms with E-state index in [-0.39, 0.29) is 5.91 Å². The van der Waals surface area contributed by atoms with Crippen LogP contribution in [0.1, 0.15) is 15.9 Å². The second-order valence-electron chi connectivity index (χ2n) is 4.35. The van der Waals surface area contributed by atoms with Crippen LogP contribution in [-0.2, 0) is 4.79 Å². The van der Waals surface area contributed by atoms with Gasteiger partial charge in [-0.2, -0.15) is 11.8 Å². The summed E-state index contributed by atoms with van der Waals surface area (Å²) in [7, 11) is 3.25. The first-order valence-corrected chi connectivity index (χ1v) is 7.72. The first-order chi connectivity index (χ1) is 9.99. The first-order valence-electron chi connectivity index (χ1n) is 6.33. The molecule has 0 saturated carbocycles. The van der Waals surface area contributed by atoms with Gasteiger partial charge < -0.3 is 14.7 Å². The van der Waals surface area contributed by atoms with E-state index in [1.807, 2.05) is 6.26 Å². The van der Waals surface area contributed by atoms with E-state index >= 15 is 0 Å². The van der Waals surface area contributed by atoms with E-state index in [0.29, 0.717) is 23.4 Å². The minimum Gasteiger partial charge on any atom is -0.496 e. The number of carbonyl (C=O) groups is 2. The predicted molar refractivity (Wildman–Crippen MR) is 85.0 cm³/mol. The number of hydrogen-bond donors (Lipinski definition) is 1. The van der Waals surface area contributed by atoms with Crippen LogP contribution in [-0.4, -0.2) is 54.6 Å². The third kappa shape index (κ3) is 5.15. The molecular formula is C15H19NO4S. The van der Waals surface area contributed by atoms with Crippen LogP contribution in [0.25, 0.3) is 6.08 Å². The maximum Gasteiger partial charge on any atom is 0.328 e. The van der Waals surface area contributed by atoms with Gasteiger partial charge in [-0.15, -0.1) is 0 Å². The zero-order valence-corrected chi connectivity index (χ0v) is 13.1. The summed E-state index contributed by atoms with van der Waals surface area (Å²) in [6.07, 6.45) is 4.42. The lowest BCUT2D eigenvalue weighted by atomic mass is 10.1. The van der Waals surface area contributed by atoms with Crippen molar-refractivity contribution < 1.29 is 19.4 Å². The molecule has 0 saturated heterocycles. The van der Waals surface area contributed by atoms with Crippen molar-refractivity contribution in [2.75, 3.05) is 32.7 Å². The third-order valence-electron chi connectivity index (χ3n) is 2.86. The van der Waals surface area contributed by atoms with Crippen molar-refractivity contribution in [1.82, 2.24) is 4.90 Å². The Morgan fingerprint density at radius 1 is 1.43 bits per heavy atom. The van der Waals surface area contributed by atoms with Gasteiger partial charge in [0.1, 0.15) is 5.75 Å². The van der Waals surface area contributed by atoms with Crippen molar-refractivity contribution in [3.63, 3.8) is 0 Å². The van der Waals surface area contributed by atoms with Crippen LogP contribution in [0, 0.1) is 0 Å². The Labute approximate surface area is 128 Å². The second kappa shape index (κ2) is 8.36. The number of hydrogen-bond acceptors (Lipinski definition) is 4. The van der Waals surface area contributed by atoms with Gasteiger partial charge in [0.25, 0.3) is 5.91 Å². The molecule has 0 fully saturated rings. The fraction of sp³-hybridized carbons (Fsp3) is 0.333.